The first-order chi connectivity index (χ1) is 13.1. The standard InChI is InChI=1S/C18H16N4O3S2/c1-25-14-9-7-12(8-10-14)15(23)11-26-18-22-21-17(27-18)20-16(24)19-13-5-3-2-4-6-13/h2-10H,11H2,1H3,(H2,19,20,21,24). The summed E-state index contributed by atoms with van der Waals surface area (Å²) >= 11 is 2.49. The SMILES string of the molecule is COc1ccc(C(=O)CSc2nnc(NC(=O)Nc3ccccc3)s2)cc1. The molecule has 2 amide bonds. The summed E-state index contributed by atoms with van der Waals surface area (Å²) in [5, 5.41) is 13.6. The van der Waals surface area contributed by atoms with Crippen LogP contribution < -0.4 is 15.4 Å². The number of benzene rings is 2. The summed E-state index contributed by atoms with van der Waals surface area (Å²) in [7, 11) is 1.58. The monoisotopic (exact) mass is 400 g/mol. The molecule has 0 aliphatic carbocycles. The Balaban J connectivity index is 1.50. The van der Waals surface area contributed by atoms with Gasteiger partial charge in [0.1, 0.15) is 5.75 Å². The maximum Gasteiger partial charge on any atom is 0.325 e. The summed E-state index contributed by atoms with van der Waals surface area (Å²) in [5.41, 5.74) is 1.28. The highest BCUT2D eigenvalue weighted by molar-refractivity contribution is 8.01. The van der Waals surface area contributed by atoms with Crippen molar-refractivity contribution < 1.29 is 14.3 Å². The molecule has 0 unspecified atom stereocenters. The number of nitrogens with one attached hydrogen (secondary N) is 2. The molecule has 1 heterocycles. The molecule has 27 heavy (non-hydrogen) atoms. The largest absolute Gasteiger partial charge is 0.497 e. The third-order valence-electron chi connectivity index (χ3n) is 3.40. The average molecular weight is 400 g/mol. The molecule has 0 atom stereocenters. The number of para-hydroxylation sites is 1. The van der Waals surface area contributed by atoms with Gasteiger partial charge in [-0.05, 0) is 36.4 Å². The van der Waals surface area contributed by atoms with Crippen molar-refractivity contribution in [3.05, 3.63) is 60.2 Å². The van der Waals surface area contributed by atoms with E-state index in [9.17, 15) is 9.59 Å². The second-order valence-electron chi connectivity index (χ2n) is 5.26. The van der Waals surface area contributed by atoms with Crippen LogP contribution in [0.25, 0.3) is 0 Å². The second-order valence-corrected chi connectivity index (χ2v) is 7.46. The number of aromatic nitrogens is 2. The molecule has 0 aliphatic rings. The average Bonchev–Trinajstić information content (AvgIpc) is 3.14. The number of rotatable bonds is 7. The number of carbonyl (C=O) groups is 2. The highest BCUT2D eigenvalue weighted by Gasteiger charge is 2.12. The Morgan fingerprint density at radius 2 is 1.78 bits per heavy atom. The van der Waals surface area contributed by atoms with Gasteiger partial charge >= 0.3 is 6.03 Å². The van der Waals surface area contributed by atoms with E-state index in [1.165, 1.54) is 23.1 Å². The molecular weight excluding hydrogens is 384 g/mol. The van der Waals surface area contributed by atoms with E-state index in [-0.39, 0.29) is 11.5 Å². The van der Waals surface area contributed by atoms with Crippen LogP contribution in [0.5, 0.6) is 5.75 Å². The lowest BCUT2D eigenvalue weighted by Crippen LogP contribution is -2.19. The fourth-order valence-corrected chi connectivity index (χ4v) is 3.73. The molecule has 0 spiro atoms. The Morgan fingerprint density at radius 3 is 2.48 bits per heavy atom. The minimum Gasteiger partial charge on any atom is -0.497 e. The number of carbonyl (C=O) groups excluding carboxylic acids is 2. The second kappa shape index (κ2) is 9.15. The lowest BCUT2D eigenvalue weighted by atomic mass is 10.1. The van der Waals surface area contributed by atoms with E-state index < -0.39 is 6.03 Å². The van der Waals surface area contributed by atoms with E-state index in [0.29, 0.717) is 26.5 Å². The van der Waals surface area contributed by atoms with Crippen LogP contribution in [-0.2, 0) is 0 Å². The minimum atomic E-state index is -0.400. The normalized spacial score (nSPS) is 10.3. The van der Waals surface area contributed by atoms with Crippen LogP contribution >= 0.6 is 23.1 Å². The molecular formula is C18H16N4O3S2. The molecule has 0 radical (unpaired) electrons. The molecule has 0 saturated carbocycles. The van der Waals surface area contributed by atoms with Gasteiger partial charge in [0.25, 0.3) is 0 Å². The molecule has 1 aromatic heterocycles. The Bertz CT molecular complexity index is 914. The van der Waals surface area contributed by atoms with Gasteiger partial charge in [-0.25, -0.2) is 4.79 Å². The van der Waals surface area contributed by atoms with Gasteiger partial charge < -0.3 is 10.1 Å². The number of hydrogen-bond acceptors (Lipinski definition) is 7. The summed E-state index contributed by atoms with van der Waals surface area (Å²) in [4.78, 5) is 24.2. The smallest absolute Gasteiger partial charge is 0.325 e. The predicted octanol–water partition coefficient (Wildman–Crippen LogP) is 4.17. The highest BCUT2D eigenvalue weighted by Crippen LogP contribution is 2.26. The molecule has 0 bridgehead atoms. The van der Waals surface area contributed by atoms with E-state index >= 15 is 0 Å². The van der Waals surface area contributed by atoms with Crippen molar-refractivity contribution in [3.8, 4) is 5.75 Å². The van der Waals surface area contributed by atoms with Crippen molar-refractivity contribution >= 4 is 45.7 Å². The zero-order chi connectivity index (χ0) is 19.1. The molecule has 138 valence electrons. The zero-order valence-electron chi connectivity index (χ0n) is 14.3. The quantitative estimate of drug-likeness (QED) is 0.351. The van der Waals surface area contributed by atoms with E-state index in [2.05, 4.69) is 20.8 Å². The van der Waals surface area contributed by atoms with Gasteiger partial charge in [0.2, 0.25) is 5.13 Å². The van der Waals surface area contributed by atoms with Gasteiger partial charge in [-0.3, -0.25) is 10.1 Å². The van der Waals surface area contributed by atoms with Gasteiger partial charge in [-0.1, -0.05) is 41.3 Å². The van der Waals surface area contributed by atoms with Gasteiger partial charge in [0.05, 0.1) is 12.9 Å². The van der Waals surface area contributed by atoms with Gasteiger partial charge in [0.15, 0.2) is 10.1 Å². The van der Waals surface area contributed by atoms with Crippen LogP contribution in [0.15, 0.2) is 58.9 Å². The number of nitrogens with zero attached hydrogens (tertiary/aromatic N) is 2. The van der Waals surface area contributed by atoms with Crippen LogP contribution in [0, 0.1) is 0 Å². The van der Waals surface area contributed by atoms with Gasteiger partial charge in [-0.2, -0.15) is 0 Å². The van der Waals surface area contributed by atoms with Crippen molar-refractivity contribution in [3.63, 3.8) is 0 Å². The third kappa shape index (κ3) is 5.53. The Labute approximate surface area is 164 Å². The number of thioether (sulfide) groups is 1. The van der Waals surface area contributed by atoms with E-state index in [0.717, 1.165) is 0 Å². The van der Waals surface area contributed by atoms with Crippen molar-refractivity contribution in [2.45, 2.75) is 4.34 Å². The third-order valence-corrected chi connectivity index (χ3v) is 5.37. The van der Waals surface area contributed by atoms with E-state index in [1.54, 1.807) is 43.5 Å². The fraction of sp³-hybridized carbons (Fsp3) is 0.111. The molecule has 0 aliphatic heterocycles. The fourth-order valence-electron chi connectivity index (χ4n) is 2.09. The number of amides is 2. The molecule has 3 rings (SSSR count). The molecule has 2 aromatic carbocycles. The maximum atomic E-state index is 12.2. The number of anilines is 2. The lowest BCUT2D eigenvalue weighted by Gasteiger charge is -2.04. The van der Waals surface area contributed by atoms with Crippen molar-refractivity contribution in [2.24, 2.45) is 0 Å². The number of hydrogen-bond donors (Lipinski definition) is 2. The topological polar surface area (TPSA) is 93.2 Å². The highest BCUT2D eigenvalue weighted by atomic mass is 32.2. The van der Waals surface area contributed by atoms with Crippen molar-refractivity contribution in [1.29, 1.82) is 0 Å². The Kier molecular flexibility index (Phi) is 6.39. The molecule has 7 nitrogen and oxygen atoms in total. The molecule has 0 saturated heterocycles. The number of Topliss-reactive ketones (excluding diaryl/α,β-unsaturated/α-hetero) is 1. The van der Waals surface area contributed by atoms with Crippen molar-refractivity contribution in [1.82, 2.24) is 10.2 Å². The summed E-state index contributed by atoms with van der Waals surface area (Å²) in [6.45, 7) is 0. The van der Waals surface area contributed by atoms with Crippen molar-refractivity contribution in [2.75, 3.05) is 23.5 Å². The first kappa shape index (κ1) is 18.9. The lowest BCUT2D eigenvalue weighted by molar-refractivity contribution is 0.102. The first-order valence-corrected chi connectivity index (χ1v) is 9.71. The summed E-state index contributed by atoms with van der Waals surface area (Å²) in [6, 6.07) is 15.6. The van der Waals surface area contributed by atoms with Crippen LogP contribution in [0.1, 0.15) is 10.4 Å². The Hall–Kier alpha value is -2.91. The molecule has 9 heteroatoms. The molecule has 0 fully saturated rings. The predicted molar refractivity (Wildman–Crippen MR) is 107 cm³/mol. The zero-order valence-corrected chi connectivity index (χ0v) is 16.0. The van der Waals surface area contributed by atoms with Gasteiger partial charge in [0, 0.05) is 11.3 Å². The number of ketones is 1. The Morgan fingerprint density at radius 1 is 1.04 bits per heavy atom. The number of methoxy groups -OCH3 is 1. The number of ether oxygens (including phenoxy) is 1. The van der Waals surface area contributed by atoms with E-state index in [4.69, 9.17) is 4.74 Å². The minimum absolute atomic E-state index is 0.0193. The summed E-state index contributed by atoms with van der Waals surface area (Å²) < 4.78 is 5.68. The number of urea groups is 1. The molecule has 3 aromatic rings. The molecule has 2 N–H and O–H groups in total. The van der Waals surface area contributed by atoms with Crippen LogP contribution in [0.3, 0.4) is 0 Å². The first-order valence-electron chi connectivity index (χ1n) is 7.90. The van der Waals surface area contributed by atoms with Crippen LogP contribution in [-0.4, -0.2) is 34.9 Å². The van der Waals surface area contributed by atoms with Crippen LogP contribution in [0.4, 0.5) is 15.6 Å². The summed E-state index contributed by atoms with van der Waals surface area (Å²) in [5.74, 6) is 0.916. The summed E-state index contributed by atoms with van der Waals surface area (Å²) in [6.07, 6.45) is 0. The van der Waals surface area contributed by atoms with Crippen LogP contribution in [0.2, 0.25) is 0 Å². The maximum absolute atomic E-state index is 12.2. The van der Waals surface area contributed by atoms with E-state index in [1.807, 2.05) is 18.2 Å². The van der Waals surface area contributed by atoms with Gasteiger partial charge in [-0.15, -0.1) is 10.2 Å².